The number of halogens is 1. The Hall–Kier alpha value is -2.77. The second kappa shape index (κ2) is 9.38. The molecule has 1 saturated heterocycles. The van der Waals surface area contributed by atoms with Crippen LogP contribution in [-0.2, 0) is 17.9 Å². The third-order valence-electron chi connectivity index (χ3n) is 6.64. The van der Waals surface area contributed by atoms with Crippen LogP contribution >= 0.6 is 0 Å². The molecule has 0 aliphatic carbocycles. The monoisotopic (exact) mass is 439 g/mol. The highest BCUT2D eigenvalue weighted by atomic mass is 19.1. The van der Waals surface area contributed by atoms with Crippen LogP contribution in [0, 0.1) is 17.7 Å². The number of hydrogen-bond acceptors (Lipinski definition) is 4. The molecule has 1 amide bonds. The Kier molecular flexibility index (Phi) is 6.58. The van der Waals surface area contributed by atoms with Gasteiger partial charge in [0.15, 0.2) is 0 Å². The molecular weight excluding hydrogens is 409 g/mol. The van der Waals surface area contributed by atoms with Gasteiger partial charge in [-0.2, -0.15) is 0 Å². The zero-order valence-corrected chi connectivity index (χ0v) is 18.5. The number of pyridine rings is 1. The molecule has 3 heterocycles. The molecule has 2 aromatic rings. The summed E-state index contributed by atoms with van der Waals surface area (Å²) >= 11 is 0. The Labute approximate surface area is 187 Å². The number of carbonyl (C=O) groups excluding carboxylic acids is 1. The molecule has 7 heteroatoms. The number of amides is 1. The highest BCUT2D eigenvalue weighted by Crippen LogP contribution is 2.49. The fourth-order valence-corrected chi connectivity index (χ4v) is 5.31. The number of nitrogens with zero attached hydrogens (tertiary/aromatic N) is 2. The predicted octanol–water partition coefficient (Wildman–Crippen LogP) is 2.71. The number of aliphatic hydroxyl groups excluding tert-OH is 1. The lowest BCUT2D eigenvalue weighted by molar-refractivity contribution is -0.128. The highest BCUT2D eigenvalue weighted by molar-refractivity contribution is 5.82. The largest absolute Gasteiger partial charge is 0.396 e. The molecule has 0 radical (unpaired) electrons. The van der Waals surface area contributed by atoms with Crippen molar-refractivity contribution in [3.63, 3.8) is 0 Å². The molecule has 0 saturated carbocycles. The average molecular weight is 440 g/mol. The third-order valence-corrected chi connectivity index (χ3v) is 6.64. The lowest BCUT2D eigenvalue weighted by atomic mass is 9.88. The first-order chi connectivity index (χ1) is 15.5. The molecule has 1 aromatic carbocycles. The number of carbonyl (C=O) groups is 1. The molecule has 0 bridgehead atoms. The topological polar surface area (TPSA) is 74.6 Å². The number of fused-ring (bicyclic) bond motifs is 3. The smallest absolute Gasteiger partial charge is 0.258 e. The fraction of sp³-hybridized carbons (Fsp3) is 0.440. The zero-order chi connectivity index (χ0) is 22.8. The second-order valence-corrected chi connectivity index (χ2v) is 8.62. The van der Waals surface area contributed by atoms with Crippen molar-refractivity contribution >= 4 is 12.0 Å². The normalized spacial score (nSPS) is 24.6. The standard InChI is InChI=1S/C25H30FN3O3/c1-3-6-17-9-10-21-22-19(14-28(21)25(17)32)20(15-30)23(24(31)27-11-4-2)29(22)13-16-7-5-8-18(26)12-16/h3,5-10,12,19-20,22-23,30H,4,11,13-15H2,1-2H3,(H,27,31)/b6-3+/t19-,20-,22+,23-/m1/s1. The number of allylic oxidation sites excluding steroid dienone is 1. The minimum Gasteiger partial charge on any atom is -0.396 e. The maximum Gasteiger partial charge on any atom is 0.258 e. The van der Waals surface area contributed by atoms with Crippen molar-refractivity contribution in [2.24, 2.45) is 11.8 Å². The van der Waals surface area contributed by atoms with Gasteiger partial charge in [0.05, 0.1) is 12.1 Å². The lowest BCUT2D eigenvalue weighted by Gasteiger charge is -2.31. The van der Waals surface area contributed by atoms with Crippen LogP contribution in [0.1, 0.15) is 43.1 Å². The van der Waals surface area contributed by atoms with Crippen molar-refractivity contribution < 1.29 is 14.3 Å². The van der Waals surface area contributed by atoms with Crippen molar-refractivity contribution in [3.05, 3.63) is 75.5 Å². The summed E-state index contributed by atoms with van der Waals surface area (Å²) in [6.07, 6.45) is 4.43. The molecule has 170 valence electrons. The van der Waals surface area contributed by atoms with Crippen LogP contribution in [0.4, 0.5) is 4.39 Å². The van der Waals surface area contributed by atoms with E-state index in [1.54, 1.807) is 16.7 Å². The Morgan fingerprint density at radius 3 is 2.81 bits per heavy atom. The Morgan fingerprint density at radius 1 is 1.31 bits per heavy atom. The van der Waals surface area contributed by atoms with Crippen molar-refractivity contribution in [1.29, 1.82) is 0 Å². The Balaban J connectivity index is 1.78. The first kappa shape index (κ1) is 22.4. The molecule has 0 spiro atoms. The van der Waals surface area contributed by atoms with Crippen LogP contribution < -0.4 is 10.9 Å². The Bertz CT molecular complexity index is 1080. The molecule has 0 unspecified atom stereocenters. The lowest BCUT2D eigenvalue weighted by Crippen LogP contribution is -2.48. The Morgan fingerprint density at radius 2 is 2.12 bits per heavy atom. The van der Waals surface area contributed by atoms with E-state index < -0.39 is 6.04 Å². The van der Waals surface area contributed by atoms with Gasteiger partial charge >= 0.3 is 0 Å². The number of likely N-dealkylation sites (tertiary alicyclic amines) is 1. The van der Waals surface area contributed by atoms with Gasteiger partial charge < -0.3 is 15.0 Å². The van der Waals surface area contributed by atoms with E-state index in [2.05, 4.69) is 5.32 Å². The second-order valence-electron chi connectivity index (χ2n) is 8.62. The van der Waals surface area contributed by atoms with Crippen molar-refractivity contribution in [1.82, 2.24) is 14.8 Å². The van der Waals surface area contributed by atoms with Gasteiger partial charge in [-0.1, -0.05) is 31.2 Å². The number of benzene rings is 1. The third kappa shape index (κ3) is 3.91. The van der Waals surface area contributed by atoms with Gasteiger partial charge in [-0.3, -0.25) is 14.5 Å². The quantitative estimate of drug-likeness (QED) is 0.696. The highest BCUT2D eigenvalue weighted by Gasteiger charge is 2.55. The van der Waals surface area contributed by atoms with Crippen LogP contribution in [-0.4, -0.2) is 39.7 Å². The summed E-state index contributed by atoms with van der Waals surface area (Å²) in [6, 6.07) is 9.36. The summed E-state index contributed by atoms with van der Waals surface area (Å²) in [5.41, 5.74) is 2.14. The molecule has 32 heavy (non-hydrogen) atoms. The van der Waals surface area contributed by atoms with E-state index in [9.17, 15) is 19.1 Å². The van der Waals surface area contributed by atoms with Crippen LogP contribution in [0.5, 0.6) is 0 Å². The summed E-state index contributed by atoms with van der Waals surface area (Å²) in [7, 11) is 0. The molecule has 1 aromatic heterocycles. The number of rotatable bonds is 7. The van der Waals surface area contributed by atoms with Crippen LogP contribution in [0.25, 0.3) is 6.08 Å². The van der Waals surface area contributed by atoms with Gasteiger partial charge in [0.2, 0.25) is 5.91 Å². The van der Waals surface area contributed by atoms with E-state index >= 15 is 0 Å². The van der Waals surface area contributed by atoms with Gasteiger partial charge in [0.25, 0.3) is 5.56 Å². The fourth-order valence-electron chi connectivity index (χ4n) is 5.31. The van der Waals surface area contributed by atoms with E-state index in [-0.39, 0.29) is 41.8 Å². The number of hydrogen-bond donors (Lipinski definition) is 2. The summed E-state index contributed by atoms with van der Waals surface area (Å²) in [5.74, 6) is -0.867. The minimum absolute atomic E-state index is 0.0654. The van der Waals surface area contributed by atoms with Crippen LogP contribution in [0.15, 0.2) is 47.3 Å². The molecule has 6 nitrogen and oxygen atoms in total. The molecule has 2 aliphatic rings. The molecule has 4 rings (SSSR count). The van der Waals surface area contributed by atoms with Crippen molar-refractivity contribution in [3.8, 4) is 0 Å². The first-order valence-corrected chi connectivity index (χ1v) is 11.2. The maximum atomic E-state index is 13.9. The molecular formula is C25H30FN3O3. The van der Waals surface area contributed by atoms with Crippen LogP contribution in [0.2, 0.25) is 0 Å². The maximum absolute atomic E-state index is 13.9. The first-order valence-electron chi connectivity index (χ1n) is 11.2. The van der Waals surface area contributed by atoms with Gasteiger partial charge in [-0.05, 0) is 43.2 Å². The molecule has 1 fully saturated rings. The number of aliphatic hydroxyl groups is 1. The van der Waals surface area contributed by atoms with E-state index in [0.29, 0.717) is 25.2 Å². The number of aromatic nitrogens is 1. The van der Waals surface area contributed by atoms with E-state index in [1.807, 2.05) is 43.0 Å². The molecule has 2 aliphatic heterocycles. The van der Waals surface area contributed by atoms with E-state index in [1.165, 1.54) is 12.1 Å². The van der Waals surface area contributed by atoms with Gasteiger partial charge in [-0.15, -0.1) is 0 Å². The van der Waals surface area contributed by atoms with Gasteiger partial charge in [0.1, 0.15) is 5.82 Å². The van der Waals surface area contributed by atoms with E-state index in [0.717, 1.165) is 17.7 Å². The summed E-state index contributed by atoms with van der Waals surface area (Å²) in [5, 5.41) is 13.3. The van der Waals surface area contributed by atoms with Crippen LogP contribution in [0.3, 0.4) is 0 Å². The van der Waals surface area contributed by atoms with Crippen molar-refractivity contribution in [2.75, 3.05) is 13.2 Å². The zero-order valence-electron chi connectivity index (χ0n) is 18.5. The number of nitrogens with one attached hydrogen (secondary N) is 1. The van der Waals surface area contributed by atoms with E-state index in [4.69, 9.17) is 0 Å². The SMILES string of the molecule is C/C=C/c1ccc2n(c1=O)C[C@@H]1[C@@H](CO)[C@H](C(=O)NCCC)N(Cc3cccc(F)c3)[C@H]21. The molecule has 2 N–H and O–H groups in total. The summed E-state index contributed by atoms with van der Waals surface area (Å²) in [6.45, 7) is 5.06. The summed E-state index contributed by atoms with van der Waals surface area (Å²) in [4.78, 5) is 28.3. The minimum atomic E-state index is -0.552. The summed E-state index contributed by atoms with van der Waals surface area (Å²) < 4.78 is 15.7. The average Bonchev–Trinajstić information content (AvgIpc) is 3.29. The van der Waals surface area contributed by atoms with Gasteiger partial charge in [0, 0.05) is 49.3 Å². The molecule has 4 atom stereocenters. The van der Waals surface area contributed by atoms with Crippen molar-refractivity contribution in [2.45, 2.75) is 45.4 Å². The predicted molar refractivity (Wildman–Crippen MR) is 121 cm³/mol. The van der Waals surface area contributed by atoms with Gasteiger partial charge in [-0.25, -0.2) is 4.39 Å².